The molecule has 3 N–H and O–H groups in total. The fourth-order valence-electron chi connectivity index (χ4n) is 1.21. The van der Waals surface area contributed by atoms with Gasteiger partial charge in [0.25, 0.3) is 0 Å². The highest BCUT2D eigenvalue weighted by atomic mass is 16.2. The molecule has 0 fully saturated rings. The minimum Gasteiger partial charge on any atom is -0.396 e. The van der Waals surface area contributed by atoms with Crippen molar-refractivity contribution in [3.8, 4) is 0 Å². The van der Waals surface area contributed by atoms with Crippen LogP contribution in [0, 0.1) is 0 Å². The molecule has 0 unspecified atom stereocenters. The number of rotatable bonds is 3. The van der Waals surface area contributed by atoms with Gasteiger partial charge in [-0.2, -0.15) is 4.98 Å². The summed E-state index contributed by atoms with van der Waals surface area (Å²) in [4.78, 5) is 12.0. The summed E-state index contributed by atoms with van der Waals surface area (Å²) in [5.74, 6) is 0.222. The van der Waals surface area contributed by atoms with E-state index in [1.54, 1.807) is 23.3 Å². The Kier molecular flexibility index (Phi) is 2.59. The summed E-state index contributed by atoms with van der Waals surface area (Å²) in [5.41, 5.74) is 6.84. The van der Waals surface area contributed by atoms with Crippen LogP contribution < -0.4 is 5.73 Å². The lowest BCUT2D eigenvalue weighted by atomic mass is 10.4. The Labute approximate surface area is 86.1 Å². The summed E-state index contributed by atoms with van der Waals surface area (Å²) in [5, 5.41) is 8.63. The second-order valence-electron chi connectivity index (χ2n) is 2.99. The summed E-state index contributed by atoms with van der Waals surface area (Å²) in [6, 6.07) is 0. The summed E-state index contributed by atoms with van der Waals surface area (Å²) in [6.45, 7) is 0.125. The van der Waals surface area contributed by atoms with Crippen LogP contribution in [0.15, 0.2) is 18.6 Å². The molecule has 0 radical (unpaired) electrons. The first-order valence-electron chi connectivity index (χ1n) is 4.54. The Hall–Kier alpha value is -1.95. The van der Waals surface area contributed by atoms with Crippen molar-refractivity contribution in [1.29, 1.82) is 0 Å². The van der Waals surface area contributed by atoms with Crippen molar-refractivity contribution in [3.63, 3.8) is 0 Å². The molecule has 0 atom stereocenters. The lowest BCUT2D eigenvalue weighted by Gasteiger charge is -1.95. The molecule has 0 aromatic carbocycles. The second kappa shape index (κ2) is 4.05. The third-order valence-corrected chi connectivity index (χ3v) is 1.90. The van der Waals surface area contributed by atoms with Crippen LogP contribution >= 0.6 is 0 Å². The van der Waals surface area contributed by atoms with Gasteiger partial charge in [-0.3, -0.25) is 4.57 Å². The number of aliphatic hydroxyl groups is 1. The van der Waals surface area contributed by atoms with E-state index in [1.807, 2.05) is 6.08 Å². The van der Waals surface area contributed by atoms with Crippen LogP contribution in [0.25, 0.3) is 17.4 Å². The van der Waals surface area contributed by atoms with Gasteiger partial charge in [0.05, 0.1) is 6.20 Å². The lowest BCUT2D eigenvalue weighted by Crippen LogP contribution is -1.95. The van der Waals surface area contributed by atoms with E-state index in [9.17, 15) is 0 Å². The number of imidazole rings is 1. The maximum absolute atomic E-state index is 8.63. The van der Waals surface area contributed by atoms with Crippen LogP contribution in [0.5, 0.6) is 0 Å². The first-order chi connectivity index (χ1) is 7.31. The van der Waals surface area contributed by atoms with Crippen molar-refractivity contribution in [3.05, 3.63) is 18.6 Å². The monoisotopic (exact) mass is 205 g/mol. The largest absolute Gasteiger partial charge is 0.396 e. The van der Waals surface area contributed by atoms with Crippen LogP contribution in [-0.4, -0.2) is 31.2 Å². The Morgan fingerprint density at radius 2 is 2.33 bits per heavy atom. The molecule has 6 nitrogen and oxygen atoms in total. The van der Waals surface area contributed by atoms with E-state index in [0.717, 1.165) is 0 Å². The van der Waals surface area contributed by atoms with Gasteiger partial charge >= 0.3 is 0 Å². The van der Waals surface area contributed by atoms with Crippen molar-refractivity contribution in [2.45, 2.75) is 6.42 Å². The minimum atomic E-state index is 0.125. The smallest absolute Gasteiger partial charge is 0.222 e. The predicted octanol–water partition coefficient (Wildman–Crippen LogP) is 0.262. The highest BCUT2D eigenvalue weighted by molar-refractivity contribution is 5.72. The van der Waals surface area contributed by atoms with Crippen LogP contribution in [0.4, 0.5) is 5.95 Å². The lowest BCUT2D eigenvalue weighted by molar-refractivity contribution is 0.303. The fourth-order valence-corrected chi connectivity index (χ4v) is 1.21. The maximum atomic E-state index is 8.63. The number of nitrogens with two attached hydrogens (primary N) is 1. The van der Waals surface area contributed by atoms with E-state index in [0.29, 0.717) is 17.6 Å². The third-order valence-electron chi connectivity index (χ3n) is 1.90. The molecule has 0 amide bonds. The molecule has 0 aliphatic rings. The standard InChI is InChI=1S/C9H11N5O/c10-9-11-5-7-8(13-9)14(6-12-7)3-1-2-4-15/h1,3,5-6,15H,2,4H2,(H2,10,11,13)/b3-1-. The molecule has 6 heteroatoms. The first-order valence-corrected chi connectivity index (χ1v) is 4.54. The van der Waals surface area contributed by atoms with Gasteiger partial charge in [0.2, 0.25) is 5.95 Å². The highest BCUT2D eigenvalue weighted by Gasteiger charge is 2.02. The molecule has 2 heterocycles. The summed E-state index contributed by atoms with van der Waals surface area (Å²) < 4.78 is 1.74. The quantitative estimate of drug-likeness (QED) is 0.750. The number of anilines is 1. The molecule has 0 spiro atoms. The van der Waals surface area contributed by atoms with Crippen molar-refractivity contribution in [1.82, 2.24) is 19.5 Å². The van der Waals surface area contributed by atoms with E-state index in [1.165, 1.54) is 0 Å². The van der Waals surface area contributed by atoms with Gasteiger partial charge in [-0.15, -0.1) is 0 Å². The normalized spacial score (nSPS) is 11.5. The highest BCUT2D eigenvalue weighted by Crippen LogP contribution is 2.09. The zero-order valence-electron chi connectivity index (χ0n) is 8.04. The van der Waals surface area contributed by atoms with Crippen LogP contribution in [0.1, 0.15) is 6.42 Å². The van der Waals surface area contributed by atoms with E-state index in [4.69, 9.17) is 10.8 Å². The average Bonchev–Trinajstić information content (AvgIpc) is 2.62. The van der Waals surface area contributed by atoms with Crippen molar-refractivity contribution < 1.29 is 5.11 Å². The maximum Gasteiger partial charge on any atom is 0.222 e. The molecule has 15 heavy (non-hydrogen) atoms. The van der Waals surface area contributed by atoms with Crippen LogP contribution in [0.2, 0.25) is 0 Å². The van der Waals surface area contributed by atoms with Crippen molar-refractivity contribution in [2.24, 2.45) is 0 Å². The van der Waals surface area contributed by atoms with Gasteiger partial charge in [0, 0.05) is 12.8 Å². The van der Waals surface area contributed by atoms with Gasteiger partial charge < -0.3 is 10.8 Å². The van der Waals surface area contributed by atoms with Crippen molar-refractivity contribution in [2.75, 3.05) is 12.3 Å². The SMILES string of the molecule is Nc1ncc2ncn(/C=C\CCO)c2n1. The molecule has 0 aliphatic carbocycles. The van der Waals surface area contributed by atoms with Crippen molar-refractivity contribution >= 4 is 23.3 Å². The van der Waals surface area contributed by atoms with Gasteiger partial charge in [-0.05, 0) is 6.42 Å². The Morgan fingerprint density at radius 1 is 1.47 bits per heavy atom. The van der Waals surface area contributed by atoms with E-state index < -0.39 is 0 Å². The van der Waals surface area contributed by atoms with Gasteiger partial charge in [-0.25, -0.2) is 9.97 Å². The molecule has 0 saturated heterocycles. The molecule has 2 aromatic heterocycles. The Balaban J connectivity index is 2.39. The number of aromatic nitrogens is 4. The zero-order valence-corrected chi connectivity index (χ0v) is 8.04. The molecule has 2 rings (SSSR count). The molecule has 0 aliphatic heterocycles. The van der Waals surface area contributed by atoms with Gasteiger partial charge in [0.15, 0.2) is 5.65 Å². The number of hydrogen-bond acceptors (Lipinski definition) is 5. The average molecular weight is 205 g/mol. The fraction of sp³-hybridized carbons (Fsp3) is 0.222. The number of hydrogen-bond donors (Lipinski definition) is 2. The molecular formula is C9H11N5O. The zero-order chi connectivity index (χ0) is 10.7. The Bertz CT molecular complexity index is 490. The molecule has 2 aromatic rings. The molecule has 0 bridgehead atoms. The van der Waals surface area contributed by atoms with Crippen LogP contribution in [-0.2, 0) is 0 Å². The number of aliphatic hydroxyl groups excluding tert-OH is 1. The van der Waals surface area contributed by atoms with E-state index in [2.05, 4.69) is 15.0 Å². The van der Waals surface area contributed by atoms with E-state index >= 15 is 0 Å². The molecular weight excluding hydrogens is 194 g/mol. The molecule has 0 saturated carbocycles. The van der Waals surface area contributed by atoms with Gasteiger partial charge in [-0.1, -0.05) is 6.08 Å². The Morgan fingerprint density at radius 3 is 3.13 bits per heavy atom. The first kappa shape index (κ1) is 9.60. The summed E-state index contributed by atoms with van der Waals surface area (Å²) in [6.07, 6.45) is 7.43. The minimum absolute atomic E-state index is 0.125. The summed E-state index contributed by atoms with van der Waals surface area (Å²) >= 11 is 0. The van der Waals surface area contributed by atoms with Crippen LogP contribution in [0.3, 0.4) is 0 Å². The molecule has 78 valence electrons. The topological polar surface area (TPSA) is 89.8 Å². The second-order valence-corrected chi connectivity index (χ2v) is 2.99. The third kappa shape index (κ3) is 1.94. The van der Waals surface area contributed by atoms with Gasteiger partial charge in [0.1, 0.15) is 11.8 Å². The summed E-state index contributed by atoms with van der Waals surface area (Å²) in [7, 11) is 0. The van der Waals surface area contributed by atoms with E-state index in [-0.39, 0.29) is 12.6 Å². The number of nitrogens with zero attached hydrogens (tertiary/aromatic N) is 4. The predicted molar refractivity (Wildman–Crippen MR) is 56.8 cm³/mol. The number of fused-ring (bicyclic) bond motifs is 1. The number of nitrogen functional groups attached to an aromatic ring is 1.